The number of hydrogen-bond donors (Lipinski definition) is 0. The normalized spacial score (nSPS) is 17.1. The molecule has 0 radical (unpaired) electrons. The number of thiophene rings is 1. The average molecular weight is 469 g/mol. The molecule has 2 amide bonds. The third kappa shape index (κ3) is 6.26. The highest BCUT2D eigenvalue weighted by Gasteiger charge is 2.35. The summed E-state index contributed by atoms with van der Waals surface area (Å²) in [6.07, 6.45) is 2.35. The molecule has 0 saturated heterocycles. The molecule has 0 N–H and O–H groups in total. The van der Waals surface area contributed by atoms with Gasteiger partial charge in [0.15, 0.2) is 0 Å². The second-order valence-electron chi connectivity index (χ2n) is 11.1. The van der Waals surface area contributed by atoms with Crippen molar-refractivity contribution in [2.24, 2.45) is 11.3 Å². The van der Waals surface area contributed by atoms with E-state index in [1.807, 2.05) is 30.9 Å². The molecule has 2 atom stereocenters. The molecule has 0 aliphatic carbocycles. The highest BCUT2D eigenvalue weighted by molar-refractivity contribution is 7.10. The predicted octanol–water partition coefficient (Wildman–Crippen LogP) is 6.23. The van der Waals surface area contributed by atoms with Crippen LogP contribution < -0.4 is 0 Å². The van der Waals surface area contributed by atoms with Gasteiger partial charge in [-0.3, -0.25) is 9.59 Å². The maximum absolute atomic E-state index is 13.7. The fourth-order valence-corrected chi connectivity index (χ4v) is 6.05. The van der Waals surface area contributed by atoms with Gasteiger partial charge in [0.1, 0.15) is 6.54 Å². The van der Waals surface area contributed by atoms with E-state index < -0.39 is 0 Å². The maximum atomic E-state index is 13.7. The van der Waals surface area contributed by atoms with Crippen molar-refractivity contribution in [3.8, 4) is 0 Å². The van der Waals surface area contributed by atoms with Crippen molar-refractivity contribution in [3.63, 3.8) is 0 Å². The molecule has 0 spiro atoms. The van der Waals surface area contributed by atoms with Crippen molar-refractivity contribution in [2.75, 3.05) is 13.1 Å². The Morgan fingerprint density at radius 3 is 2.45 bits per heavy atom. The second kappa shape index (κ2) is 10.4. The Morgan fingerprint density at radius 2 is 1.82 bits per heavy atom. The number of fused-ring (bicyclic) bond motifs is 1. The van der Waals surface area contributed by atoms with Crippen LogP contribution in [0.4, 0.5) is 0 Å². The van der Waals surface area contributed by atoms with Crippen molar-refractivity contribution >= 4 is 23.2 Å². The first-order valence-corrected chi connectivity index (χ1v) is 13.1. The van der Waals surface area contributed by atoms with Gasteiger partial charge in [-0.25, -0.2) is 0 Å². The summed E-state index contributed by atoms with van der Waals surface area (Å²) in [6.45, 7) is 15.7. The van der Waals surface area contributed by atoms with Crippen LogP contribution in [0.1, 0.15) is 82.0 Å². The molecule has 1 aliphatic heterocycles. The molecule has 2 aromatic rings. The summed E-state index contributed by atoms with van der Waals surface area (Å²) < 4.78 is 0. The van der Waals surface area contributed by atoms with Gasteiger partial charge < -0.3 is 9.80 Å². The van der Waals surface area contributed by atoms with E-state index in [9.17, 15) is 9.59 Å². The molecule has 1 aromatic heterocycles. The summed E-state index contributed by atoms with van der Waals surface area (Å²) in [5, 5.41) is 2.13. The van der Waals surface area contributed by atoms with Crippen molar-refractivity contribution < 1.29 is 9.59 Å². The van der Waals surface area contributed by atoms with Crippen LogP contribution in [0.5, 0.6) is 0 Å². The fraction of sp³-hybridized carbons (Fsp3) is 0.571. The molecule has 4 nitrogen and oxygen atoms in total. The van der Waals surface area contributed by atoms with Crippen LogP contribution in [0.3, 0.4) is 0 Å². The van der Waals surface area contributed by atoms with Gasteiger partial charge in [-0.05, 0) is 73.1 Å². The molecule has 33 heavy (non-hydrogen) atoms. The summed E-state index contributed by atoms with van der Waals surface area (Å²) in [4.78, 5) is 32.1. The quantitative estimate of drug-likeness (QED) is 0.483. The number of aryl methyl sites for hydroxylation is 1. The number of carbonyl (C=O) groups is 2. The predicted molar refractivity (Wildman–Crippen MR) is 137 cm³/mol. The number of amides is 2. The van der Waals surface area contributed by atoms with Gasteiger partial charge in [0.25, 0.3) is 0 Å². The van der Waals surface area contributed by atoms with Gasteiger partial charge in [-0.15, -0.1) is 11.3 Å². The Morgan fingerprint density at radius 1 is 1.12 bits per heavy atom. The zero-order chi connectivity index (χ0) is 24.3. The van der Waals surface area contributed by atoms with E-state index in [-0.39, 0.29) is 41.8 Å². The highest BCUT2D eigenvalue weighted by atomic mass is 32.1. The van der Waals surface area contributed by atoms with Gasteiger partial charge in [-0.2, -0.15) is 0 Å². The monoisotopic (exact) mass is 468 g/mol. The number of hydrogen-bond acceptors (Lipinski definition) is 3. The van der Waals surface area contributed by atoms with Gasteiger partial charge in [0, 0.05) is 23.9 Å². The van der Waals surface area contributed by atoms with E-state index in [0.29, 0.717) is 13.0 Å². The lowest BCUT2D eigenvalue weighted by atomic mass is 9.84. The first-order chi connectivity index (χ1) is 15.5. The SMILES string of the molecule is Cc1ccccc1C1c2ccsc2CCN1C(=O)CN(C(=O)CC(C)CC(C)(C)C)C(C)C. The number of rotatable bonds is 7. The first kappa shape index (κ1) is 25.5. The topological polar surface area (TPSA) is 40.6 Å². The van der Waals surface area contributed by atoms with E-state index in [4.69, 9.17) is 0 Å². The third-order valence-electron chi connectivity index (χ3n) is 6.50. The lowest BCUT2D eigenvalue weighted by Crippen LogP contribution is -2.49. The van der Waals surface area contributed by atoms with E-state index in [1.54, 1.807) is 16.2 Å². The first-order valence-electron chi connectivity index (χ1n) is 12.2. The molecule has 1 aromatic carbocycles. The number of benzene rings is 1. The molecule has 5 heteroatoms. The Hall–Kier alpha value is -2.14. The molecular weight excluding hydrogens is 428 g/mol. The molecule has 3 rings (SSSR count). The molecule has 180 valence electrons. The smallest absolute Gasteiger partial charge is 0.243 e. The van der Waals surface area contributed by atoms with Gasteiger partial charge in [0.05, 0.1) is 6.04 Å². The van der Waals surface area contributed by atoms with Crippen molar-refractivity contribution in [1.29, 1.82) is 0 Å². The largest absolute Gasteiger partial charge is 0.331 e. The van der Waals surface area contributed by atoms with Crippen LogP contribution in [0.2, 0.25) is 0 Å². The molecule has 0 bridgehead atoms. The summed E-state index contributed by atoms with van der Waals surface area (Å²) in [5.74, 6) is 0.401. The van der Waals surface area contributed by atoms with Crippen LogP contribution in [0, 0.1) is 18.3 Å². The zero-order valence-electron chi connectivity index (χ0n) is 21.4. The maximum Gasteiger partial charge on any atom is 0.243 e. The Labute approximate surface area is 204 Å². The summed E-state index contributed by atoms with van der Waals surface area (Å²) >= 11 is 1.78. The second-order valence-corrected chi connectivity index (χ2v) is 12.1. The lowest BCUT2D eigenvalue weighted by molar-refractivity contribution is -0.143. The highest BCUT2D eigenvalue weighted by Crippen LogP contribution is 2.39. The summed E-state index contributed by atoms with van der Waals surface area (Å²) in [6, 6.07) is 10.4. The minimum Gasteiger partial charge on any atom is -0.331 e. The minimum absolute atomic E-state index is 0.0123. The molecule has 2 unspecified atom stereocenters. The van der Waals surface area contributed by atoms with E-state index in [2.05, 4.69) is 58.2 Å². The molecular formula is C28H40N2O2S. The molecule has 0 saturated carbocycles. The number of nitrogens with zero attached hydrogens (tertiary/aromatic N) is 2. The fourth-order valence-electron chi connectivity index (χ4n) is 5.14. The number of carbonyl (C=O) groups excluding carboxylic acids is 2. The Bertz CT molecular complexity index is 972. The molecule has 0 fully saturated rings. The van der Waals surface area contributed by atoms with Crippen LogP contribution >= 0.6 is 11.3 Å². The van der Waals surface area contributed by atoms with Crippen LogP contribution in [-0.4, -0.2) is 40.7 Å². The summed E-state index contributed by atoms with van der Waals surface area (Å²) in [7, 11) is 0. The minimum atomic E-state index is -0.0855. The zero-order valence-corrected chi connectivity index (χ0v) is 22.2. The average Bonchev–Trinajstić information content (AvgIpc) is 3.18. The molecule has 2 heterocycles. The van der Waals surface area contributed by atoms with Crippen LogP contribution in [-0.2, 0) is 16.0 Å². The Balaban J connectivity index is 1.81. The van der Waals surface area contributed by atoms with Crippen molar-refractivity contribution in [2.45, 2.75) is 79.8 Å². The van der Waals surface area contributed by atoms with E-state index >= 15 is 0 Å². The van der Waals surface area contributed by atoms with Crippen LogP contribution in [0.25, 0.3) is 0 Å². The van der Waals surface area contributed by atoms with Gasteiger partial charge >= 0.3 is 0 Å². The summed E-state index contributed by atoms with van der Waals surface area (Å²) in [5.41, 5.74) is 3.78. The van der Waals surface area contributed by atoms with Gasteiger partial charge in [0.2, 0.25) is 11.8 Å². The molecule has 1 aliphatic rings. The van der Waals surface area contributed by atoms with Crippen molar-refractivity contribution in [1.82, 2.24) is 9.80 Å². The van der Waals surface area contributed by atoms with E-state index in [1.165, 1.54) is 21.6 Å². The lowest BCUT2D eigenvalue weighted by Gasteiger charge is -2.39. The standard InChI is InChI=1S/C28H40N2O2S/c1-19(2)30(25(31)16-20(3)17-28(5,6)7)18-26(32)29-14-12-24-23(13-15-33-24)27(29)22-11-9-8-10-21(22)4/h8-11,13,15,19-20,27H,12,14,16-18H2,1-7H3. The third-order valence-corrected chi connectivity index (χ3v) is 7.50. The van der Waals surface area contributed by atoms with Gasteiger partial charge in [-0.1, -0.05) is 52.0 Å². The van der Waals surface area contributed by atoms with Crippen LogP contribution in [0.15, 0.2) is 35.7 Å². The van der Waals surface area contributed by atoms with E-state index in [0.717, 1.165) is 12.8 Å². The van der Waals surface area contributed by atoms with Crippen molar-refractivity contribution in [3.05, 3.63) is 57.3 Å². The Kier molecular flexibility index (Phi) is 8.04.